The van der Waals surface area contributed by atoms with E-state index in [9.17, 15) is 13.2 Å². The number of carbonyl (C=O) groups excluding carboxylic acids is 1. The summed E-state index contributed by atoms with van der Waals surface area (Å²) in [5.74, 6) is 0.938. The summed E-state index contributed by atoms with van der Waals surface area (Å²) in [4.78, 5) is 13.8. The Bertz CT molecular complexity index is 659. The standard InChI is InChI=1S/C14H20N2O5S/c1-20-12-6-4-5-11(13(12)21-2)15-14(17)16-8-7-10(9-16)22(3,18)19/h4-6,10H,7-9H2,1-3H3,(H,15,17). The quantitative estimate of drug-likeness (QED) is 0.902. The zero-order valence-electron chi connectivity index (χ0n) is 12.8. The van der Waals surface area contributed by atoms with Gasteiger partial charge in [-0.1, -0.05) is 6.07 Å². The topological polar surface area (TPSA) is 84.9 Å². The molecule has 1 fully saturated rings. The number of carbonyl (C=O) groups is 1. The number of amides is 2. The Hall–Kier alpha value is -1.96. The second-order valence-electron chi connectivity index (χ2n) is 5.16. The third-order valence-electron chi connectivity index (χ3n) is 3.68. The second kappa shape index (κ2) is 6.43. The molecule has 0 aliphatic carbocycles. The lowest BCUT2D eigenvalue weighted by atomic mass is 10.2. The summed E-state index contributed by atoms with van der Waals surface area (Å²) in [5, 5.41) is 2.24. The van der Waals surface area contributed by atoms with E-state index in [1.807, 2.05) is 0 Å². The smallest absolute Gasteiger partial charge is 0.321 e. The highest BCUT2D eigenvalue weighted by atomic mass is 32.2. The number of hydrogen-bond acceptors (Lipinski definition) is 5. The molecule has 1 atom stereocenters. The average molecular weight is 328 g/mol. The molecule has 8 heteroatoms. The highest BCUT2D eigenvalue weighted by Gasteiger charge is 2.32. The first-order chi connectivity index (χ1) is 10.4. The highest BCUT2D eigenvalue weighted by molar-refractivity contribution is 7.91. The van der Waals surface area contributed by atoms with E-state index in [0.29, 0.717) is 30.2 Å². The molecule has 7 nitrogen and oxygen atoms in total. The van der Waals surface area contributed by atoms with Crippen LogP contribution in [0.25, 0.3) is 0 Å². The Morgan fingerprint density at radius 1 is 1.32 bits per heavy atom. The van der Waals surface area contributed by atoms with Gasteiger partial charge in [-0.3, -0.25) is 0 Å². The van der Waals surface area contributed by atoms with Crippen LogP contribution < -0.4 is 14.8 Å². The fourth-order valence-electron chi connectivity index (χ4n) is 2.44. The van der Waals surface area contributed by atoms with Gasteiger partial charge in [0, 0.05) is 19.3 Å². The minimum atomic E-state index is -3.13. The van der Waals surface area contributed by atoms with Gasteiger partial charge in [-0.25, -0.2) is 13.2 Å². The molecule has 0 saturated carbocycles. The molecule has 1 unspecified atom stereocenters. The molecule has 1 saturated heterocycles. The molecular weight excluding hydrogens is 308 g/mol. The molecule has 0 radical (unpaired) electrons. The number of hydrogen-bond donors (Lipinski definition) is 1. The van der Waals surface area contributed by atoms with Gasteiger partial charge in [0.1, 0.15) is 0 Å². The van der Waals surface area contributed by atoms with Gasteiger partial charge >= 0.3 is 6.03 Å². The Morgan fingerprint density at radius 2 is 2.05 bits per heavy atom. The second-order valence-corrected chi connectivity index (χ2v) is 7.48. The van der Waals surface area contributed by atoms with E-state index in [1.54, 1.807) is 18.2 Å². The van der Waals surface area contributed by atoms with Crippen LogP contribution in [-0.4, -0.2) is 58.2 Å². The Morgan fingerprint density at radius 3 is 2.59 bits per heavy atom. The van der Waals surface area contributed by atoms with Crippen LogP contribution in [0.2, 0.25) is 0 Å². The first-order valence-electron chi connectivity index (χ1n) is 6.82. The monoisotopic (exact) mass is 328 g/mol. The van der Waals surface area contributed by atoms with Crippen LogP contribution >= 0.6 is 0 Å². The van der Waals surface area contributed by atoms with E-state index in [0.717, 1.165) is 0 Å². The Kier molecular flexibility index (Phi) is 4.80. The molecule has 0 bridgehead atoms. The first-order valence-corrected chi connectivity index (χ1v) is 8.78. The third kappa shape index (κ3) is 3.44. The number of rotatable bonds is 4. The van der Waals surface area contributed by atoms with Crippen LogP contribution in [-0.2, 0) is 9.84 Å². The molecular formula is C14H20N2O5S. The van der Waals surface area contributed by atoms with E-state index in [-0.39, 0.29) is 12.6 Å². The van der Waals surface area contributed by atoms with Crippen molar-refractivity contribution in [2.75, 3.05) is 38.9 Å². The first kappa shape index (κ1) is 16.4. The molecule has 2 rings (SSSR count). The van der Waals surface area contributed by atoms with Gasteiger partial charge in [0.2, 0.25) is 0 Å². The summed E-state index contributed by atoms with van der Waals surface area (Å²) >= 11 is 0. The van der Waals surface area contributed by atoms with E-state index in [1.165, 1.54) is 25.4 Å². The predicted molar refractivity (Wildman–Crippen MR) is 83.4 cm³/mol. The van der Waals surface area contributed by atoms with Crippen molar-refractivity contribution in [3.8, 4) is 11.5 Å². The van der Waals surface area contributed by atoms with Crippen molar-refractivity contribution in [2.45, 2.75) is 11.7 Å². The minimum Gasteiger partial charge on any atom is -0.493 e. The molecule has 1 aliphatic rings. The van der Waals surface area contributed by atoms with Crippen LogP contribution in [0.3, 0.4) is 0 Å². The molecule has 122 valence electrons. The van der Waals surface area contributed by atoms with E-state index >= 15 is 0 Å². The number of methoxy groups -OCH3 is 2. The molecule has 1 aromatic carbocycles. The summed E-state index contributed by atoms with van der Waals surface area (Å²) in [6.45, 7) is 0.618. The maximum Gasteiger partial charge on any atom is 0.321 e. The van der Waals surface area contributed by atoms with Crippen LogP contribution in [0.5, 0.6) is 11.5 Å². The number of urea groups is 1. The van der Waals surface area contributed by atoms with Crippen LogP contribution in [0, 0.1) is 0 Å². The maximum absolute atomic E-state index is 12.3. The summed E-state index contributed by atoms with van der Waals surface area (Å²) in [6.07, 6.45) is 1.66. The molecule has 1 aromatic rings. The molecule has 0 aromatic heterocycles. The summed E-state index contributed by atoms with van der Waals surface area (Å²) in [5.41, 5.74) is 0.481. The van der Waals surface area contributed by atoms with Crippen molar-refractivity contribution < 1.29 is 22.7 Å². The molecule has 1 aliphatic heterocycles. The van der Waals surface area contributed by atoms with Gasteiger partial charge in [0.05, 0.1) is 25.2 Å². The van der Waals surface area contributed by atoms with E-state index in [4.69, 9.17) is 9.47 Å². The van der Waals surface area contributed by atoms with Crippen molar-refractivity contribution in [3.05, 3.63) is 18.2 Å². The lowest BCUT2D eigenvalue weighted by Gasteiger charge is -2.19. The van der Waals surface area contributed by atoms with Gasteiger partial charge in [0.25, 0.3) is 0 Å². The predicted octanol–water partition coefficient (Wildman–Crippen LogP) is 1.35. The van der Waals surface area contributed by atoms with Crippen LogP contribution in [0.1, 0.15) is 6.42 Å². The third-order valence-corrected chi connectivity index (χ3v) is 5.28. The van der Waals surface area contributed by atoms with Crippen LogP contribution in [0.15, 0.2) is 18.2 Å². The van der Waals surface area contributed by atoms with Crippen molar-refractivity contribution in [1.29, 1.82) is 0 Å². The van der Waals surface area contributed by atoms with Gasteiger partial charge in [-0.2, -0.15) is 0 Å². The van der Waals surface area contributed by atoms with Gasteiger partial charge in [-0.15, -0.1) is 0 Å². The van der Waals surface area contributed by atoms with Gasteiger partial charge in [0.15, 0.2) is 21.3 Å². The number of sulfone groups is 1. The Labute approximate surface area is 130 Å². The minimum absolute atomic E-state index is 0.205. The van der Waals surface area contributed by atoms with Gasteiger partial charge < -0.3 is 19.7 Å². The number of nitrogens with one attached hydrogen (secondary N) is 1. The number of benzene rings is 1. The number of anilines is 1. The average Bonchev–Trinajstić information content (AvgIpc) is 2.96. The van der Waals surface area contributed by atoms with Crippen molar-refractivity contribution >= 4 is 21.6 Å². The highest BCUT2D eigenvalue weighted by Crippen LogP contribution is 2.35. The fraction of sp³-hybridized carbons (Fsp3) is 0.500. The van der Waals surface area contributed by atoms with Crippen molar-refractivity contribution in [2.24, 2.45) is 0 Å². The summed E-state index contributed by atoms with van der Waals surface area (Å²) in [7, 11) is -0.128. The SMILES string of the molecule is COc1cccc(NC(=O)N2CCC(S(C)(=O)=O)C2)c1OC. The van der Waals surface area contributed by atoms with E-state index < -0.39 is 15.1 Å². The molecule has 22 heavy (non-hydrogen) atoms. The lowest BCUT2D eigenvalue weighted by molar-refractivity contribution is 0.222. The maximum atomic E-state index is 12.3. The molecule has 2 amide bonds. The fourth-order valence-corrected chi connectivity index (χ4v) is 3.43. The zero-order valence-corrected chi connectivity index (χ0v) is 13.6. The zero-order chi connectivity index (χ0) is 16.3. The summed E-state index contributed by atoms with van der Waals surface area (Å²) in [6, 6.07) is 4.81. The number of ether oxygens (including phenoxy) is 2. The number of nitrogens with zero attached hydrogens (tertiary/aromatic N) is 1. The lowest BCUT2D eigenvalue weighted by Crippen LogP contribution is -2.35. The number of likely N-dealkylation sites (tertiary alicyclic amines) is 1. The molecule has 1 N–H and O–H groups in total. The normalized spacial score (nSPS) is 18.1. The molecule has 1 heterocycles. The Balaban J connectivity index is 2.11. The molecule has 0 spiro atoms. The van der Waals surface area contributed by atoms with Crippen LogP contribution in [0.4, 0.5) is 10.5 Å². The summed E-state index contributed by atoms with van der Waals surface area (Å²) < 4.78 is 33.5. The van der Waals surface area contributed by atoms with Gasteiger partial charge in [-0.05, 0) is 18.6 Å². The largest absolute Gasteiger partial charge is 0.493 e. The van der Waals surface area contributed by atoms with E-state index in [2.05, 4.69) is 5.32 Å². The van der Waals surface area contributed by atoms with Crippen molar-refractivity contribution in [3.63, 3.8) is 0 Å². The number of para-hydroxylation sites is 1. The van der Waals surface area contributed by atoms with Crippen molar-refractivity contribution in [1.82, 2.24) is 4.90 Å².